The van der Waals surface area contributed by atoms with Crippen molar-refractivity contribution in [3.05, 3.63) is 84.0 Å². The number of hydrogen-bond donors (Lipinski definition) is 0. The Balaban J connectivity index is 2.50. The molecule has 2 aromatic carbocycles. The molecule has 0 fully saturated rings. The molecule has 2 rings (SSSR count). The van der Waals surface area contributed by atoms with E-state index in [1.165, 1.54) is 0 Å². The number of esters is 1. The third-order valence-electron chi connectivity index (χ3n) is 3.42. The van der Waals surface area contributed by atoms with Crippen molar-refractivity contribution in [1.29, 1.82) is 0 Å². The molecule has 0 aliphatic carbocycles. The number of allylic oxidation sites excluding steroid dienone is 1. The Hall–Kier alpha value is -2.81. The van der Waals surface area contributed by atoms with Crippen molar-refractivity contribution in [2.24, 2.45) is 0 Å². The van der Waals surface area contributed by atoms with Crippen molar-refractivity contribution in [1.82, 2.24) is 0 Å². The lowest BCUT2D eigenvalue weighted by Gasteiger charge is -2.15. The van der Waals surface area contributed by atoms with Gasteiger partial charge in [0.1, 0.15) is 11.5 Å². The highest BCUT2D eigenvalue weighted by atomic mass is 16.5. The van der Waals surface area contributed by atoms with Crippen LogP contribution in [0.4, 0.5) is 0 Å². The lowest BCUT2D eigenvalue weighted by Crippen LogP contribution is -2.12. The van der Waals surface area contributed by atoms with E-state index >= 15 is 0 Å². The first-order valence-electron chi connectivity index (χ1n) is 7.96. The van der Waals surface area contributed by atoms with E-state index in [1.54, 1.807) is 13.0 Å². The van der Waals surface area contributed by atoms with Crippen molar-refractivity contribution in [3.8, 4) is 5.75 Å². The van der Waals surface area contributed by atoms with E-state index in [-0.39, 0.29) is 5.97 Å². The van der Waals surface area contributed by atoms with Crippen LogP contribution in [-0.2, 0) is 9.53 Å². The van der Waals surface area contributed by atoms with Crippen LogP contribution in [0.1, 0.15) is 24.5 Å². The van der Waals surface area contributed by atoms with Gasteiger partial charge in [0.2, 0.25) is 0 Å². The van der Waals surface area contributed by atoms with Crippen molar-refractivity contribution >= 4 is 11.7 Å². The van der Waals surface area contributed by atoms with E-state index in [0.717, 1.165) is 11.1 Å². The van der Waals surface area contributed by atoms with Gasteiger partial charge in [-0.1, -0.05) is 54.1 Å². The summed E-state index contributed by atoms with van der Waals surface area (Å²) in [5.74, 6) is 0.784. The van der Waals surface area contributed by atoms with Gasteiger partial charge in [-0.3, -0.25) is 0 Å². The Bertz CT molecular complexity index is 713. The van der Waals surface area contributed by atoms with E-state index in [1.807, 2.05) is 61.5 Å². The van der Waals surface area contributed by atoms with Crippen molar-refractivity contribution in [3.63, 3.8) is 0 Å². The Morgan fingerprint density at radius 2 is 1.75 bits per heavy atom. The third-order valence-corrected chi connectivity index (χ3v) is 3.42. The van der Waals surface area contributed by atoms with E-state index in [9.17, 15) is 4.79 Å². The van der Waals surface area contributed by atoms with Crippen LogP contribution in [0.2, 0.25) is 0 Å². The number of rotatable bonds is 7. The lowest BCUT2D eigenvalue weighted by molar-refractivity contribution is -0.138. The van der Waals surface area contributed by atoms with Crippen molar-refractivity contribution in [2.45, 2.75) is 20.3 Å². The molecule has 3 heteroatoms. The molecule has 0 radical (unpaired) electrons. The molecule has 0 unspecified atom stereocenters. The largest absolute Gasteiger partial charge is 0.463 e. The normalized spacial score (nSPS) is 11.4. The fraction of sp³-hybridized carbons (Fsp3) is 0.190. The number of ether oxygens (including phenoxy) is 2. The van der Waals surface area contributed by atoms with Crippen LogP contribution in [0.25, 0.3) is 5.76 Å². The molecule has 0 spiro atoms. The molecule has 0 saturated heterocycles. The lowest BCUT2D eigenvalue weighted by atomic mass is 10.1. The number of benzene rings is 2. The molecule has 0 bridgehead atoms. The third kappa shape index (κ3) is 4.59. The number of carbonyl (C=O) groups excluding carboxylic acids is 1. The van der Waals surface area contributed by atoms with Gasteiger partial charge in [0, 0.05) is 12.0 Å². The molecule has 0 aliphatic rings. The van der Waals surface area contributed by atoms with Crippen molar-refractivity contribution in [2.75, 3.05) is 6.61 Å². The summed E-state index contributed by atoms with van der Waals surface area (Å²) < 4.78 is 11.3. The summed E-state index contributed by atoms with van der Waals surface area (Å²) in [4.78, 5) is 12.4. The molecule has 0 N–H and O–H groups in total. The summed E-state index contributed by atoms with van der Waals surface area (Å²) in [7, 11) is 0. The SMILES string of the molecule is C=CC/C(C(=O)OCC)=C(\Oc1ccc(C)cc1)c1ccccc1. The van der Waals surface area contributed by atoms with Gasteiger partial charge in [0.15, 0.2) is 0 Å². The zero-order valence-electron chi connectivity index (χ0n) is 14.1. The van der Waals surface area contributed by atoms with Crippen LogP contribution < -0.4 is 4.74 Å². The fourth-order valence-electron chi connectivity index (χ4n) is 2.24. The average molecular weight is 322 g/mol. The maximum absolute atomic E-state index is 12.4. The zero-order chi connectivity index (χ0) is 17.4. The first-order valence-corrected chi connectivity index (χ1v) is 7.96. The van der Waals surface area contributed by atoms with Gasteiger partial charge >= 0.3 is 5.97 Å². The van der Waals surface area contributed by atoms with Gasteiger partial charge in [0.25, 0.3) is 0 Å². The molecule has 0 saturated carbocycles. The minimum Gasteiger partial charge on any atom is -0.463 e. The maximum atomic E-state index is 12.4. The summed E-state index contributed by atoms with van der Waals surface area (Å²) in [6.45, 7) is 7.85. The number of aryl methyl sites for hydroxylation is 1. The molecule has 0 heterocycles. The first kappa shape index (κ1) is 17.5. The Morgan fingerprint density at radius 1 is 1.08 bits per heavy atom. The Morgan fingerprint density at radius 3 is 2.33 bits per heavy atom. The van der Waals surface area contributed by atoms with Gasteiger partial charge in [-0.25, -0.2) is 4.79 Å². The van der Waals surface area contributed by atoms with E-state index in [2.05, 4.69) is 6.58 Å². The molecule has 0 aliphatic heterocycles. The molecule has 124 valence electrons. The van der Waals surface area contributed by atoms with Crippen LogP contribution in [0.15, 0.2) is 72.8 Å². The zero-order valence-corrected chi connectivity index (χ0v) is 14.1. The first-order chi connectivity index (χ1) is 11.7. The summed E-state index contributed by atoms with van der Waals surface area (Å²) in [6.07, 6.45) is 2.04. The Labute approximate surface area is 143 Å². The predicted octanol–water partition coefficient (Wildman–Crippen LogP) is 4.92. The molecule has 0 atom stereocenters. The highest BCUT2D eigenvalue weighted by molar-refractivity contribution is 5.96. The Kier molecular flexibility index (Phi) is 6.38. The molecule has 24 heavy (non-hydrogen) atoms. The molecule has 0 aromatic heterocycles. The number of hydrogen-bond acceptors (Lipinski definition) is 3. The second kappa shape index (κ2) is 8.73. The van der Waals surface area contributed by atoms with Gasteiger partial charge in [0.05, 0.1) is 12.2 Å². The molecular weight excluding hydrogens is 300 g/mol. The maximum Gasteiger partial charge on any atom is 0.338 e. The molecule has 0 amide bonds. The van der Waals surface area contributed by atoms with Gasteiger partial charge < -0.3 is 9.47 Å². The topological polar surface area (TPSA) is 35.5 Å². The number of carbonyl (C=O) groups is 1. The summed E-state index contributed by atoms with van der Waals surface area (Å²) in [5.41, 5.74) is 2.42. The second-order valence-corrected chi connectivity index (χ2v) is 5.30. The molecular formula is C21H22O3. The van der Waals surface area contributed by atoms with Crippen LogP contribution in [0, 0.1) is 6.92 Å². The molecule has 3 nitrogen and oxygen atoms in total. The monoisotopic (exact) mass is 322 g/mol. The van der Waals surface area contributed by atoms with Crippen molar-refractivity contribution < 1.29 is 14.3 Å². The van der Waals surface area contributed by atoms with Gasteiger partial charge in [-0.05, 0) is 26.0 Å². The highest BCUT2D eigenvalue weighted by Crippen LogP contribution is 2.27. The minimum atomic E-state index is -0.386. The standard InChI is InChI=1S/C21H22O3/c1-4-9-19(21(22)23-5-2)20(17-10-7-6-8-11-17)24-18-14-12-16(3)13-15-18/h4,6-8,10-15H,1,5,9H2,2-3H3/b20-19+. The minimum absolute atomic E-state index is 0.312. The highest BCUT2D eigenvalue weighted by Gasteiger charge is 2.19. The van der Waals surface area contributed by atoms with Crippen LogP contribution in [-0.4, -0.2) is 12.6 Å². The van der Waals surface area contributed by atoms with E-state index in [0.29, 0.717) is 30.1 Å². The van der Waals surface area contributed by atoms with Crippen LogP contribution in [0.3, 0.4) is 0 Å². The quantitative estimate of drug-likeness (QED) is 0.314. The smallest absolute Gasteiger partial charge is 0.338 e. The van der Waals surface area contributed by atoms with Crippen LogP contribution in [0.5, 0.6) is 5.75 Å². The van der Waals surface area contributed by atoms with Crippen LogP contribution >= 0.6 is 0 Å². The molecule has 2 aromatic rings. The van der Waals surface area contributed by atoms with Gasteiger partial charge in [-0.15, -0.1) is 6.58 Å². The average Bonchev–Trinajstić information content (AvgIpc) is 2.60. The van der Waals surface area contributed by atoms with E-state index in [4.69, 9.17) is 9.47 Å². The predicted molar refractivity (Wildman–Crippen MR) is 96.6 cm³/mol. The summed E-state index contributed by atoms with van der Waals surface area (Å²) in [5, 5.41) is 0. The summed E-state index contributed by atoms with van der Waals surface area (Å²) in [6, 6.07) is 17.3. The summed E-state index contributed by atoms with van der Waals surface area (Å²) >= 11 is 0. The second-order valence-electron chi connectivity index (χ2n) is 5.30. The van der Waals surface area contributed by atoms with Gasteiger partial charge in [-0.2, -0.15) is 0 Å². The van der Waals surface area contributed by atoms with E-state index < -0.39 is 0 Å². The fourth-order valence-corrected chi connectivity index (χ4v) is 2.24.